The molecule has 1 amide bonds. The van der Waals surface area contributed by atoms with Crippen molar-refractivity contribution in [3.05, 3.63) is 53.6 Å². The molecule has 2 rings (SSSR count). The van der Waals surface area contributed by atoms with Crippen LogP contribution in [-0.4, -0.2) is 47.2 Å². The number of hydrogen-bond acceptors (Lipinski definition) is 5. The van der Waals surface area contributed by atoms with Crippen LogP contribution in [0.2, 0.25) is 0 Å². The van der Waals surface area contributed by atoms with Crippen LogP contribution in [0.3, 0.4) is 0 Å². The molecule has 7 nitrogen and oxygen atoms in total. The number of benzene rings is 2. The Morgan fingerprint density at radius 3 is 2.32 bits per heavy atom. The van der Waals surface area contributed by atoms with E-state index in [1.54, 1.807) is 37.3 Å². The lowest BCUT2D eigenvalue weighted by Crippen LogP contribution is -2.41. The molecular formula is C23H32N2O5S. The molecule has 0 aliphatic heterocycles. The third kappa shape index (κ3) is 6.97. The average molecular weight is 449 g/mol. The van der Waals surface area contributed by atoms with E-state index in [4.69, 9.17) is 9.47 Å². The summed E-state index contributed by atoms with van der Waals surface area (Å²) in [6.07, 6.45) is 0.773. The van der Waals surface area contributed by atoms with Crippen molar-refractivity contribution in [1.82, 2.24) is 5.32 Å². The first-order valence-corrected chi connectivity index (χ1v) is 11.7. The topological polar surface area (TPSA) is 84.9 Å². The second-order valence-corrected chi connectivity index (χ2v) is 9.46. The Kier molecular flexibility index (Phi) is 8.88. The smallest absolute Gasteiger partial charge is 0.268 e. The average Bonchev–Trinajstić information content (AvgIpc) is 2.72. The van der Waals surface area contributed by atoms with Crippen LogP contribution in [-0.2, 0) is 19.6 Å². The Bertz CT molecular complexity index is 972. The zero-order valence-electron chi connectivity index (χ0n) is 18.8. The van der Waals surface area contributed by atoms with Gasteiger partial charge in [-0.1, -0.05) is 23.8 Å². The Balaban J connectivity index is 2.28. The number of rotatable bonds is 11. The highest BCUT2D eigenvalue weighted by Gasteiger charge is 2.30. The second kappa shape index (κ2) is 11.2. The first kappa shape index (κ1) is 24.7. The lowest BCUT2D eigenvalue weighted by atomic mass is 10.2. The van der Waals surface area contributed by atoms with Crippen LogP contribution in [0.5, 0.6) is 5.75 Å². The Morgan fingerprint density at radius 1 is 1.06 bits per heavy atom. The number of carbonyl (C=O) groups is 1. The molecule has 0 atom stereocenters. The van der Waals surface area contributed by atoms with E-state index in [0.717, 1.165) is 15.4 Å². The number of hydrogen-bond donors (Lipinski definition) is 1. The van der Waals surface area contributed by atoms with Crippen molar-refractivity contribution < 1.29 is 22.7 Å². The third-order valence-corrected chi connectivity index (χ3v) is 6.39. The summed E-state index contributed by atoms with van der Waals surface area (Å²) in [5.74, 6) is -0.158. The fourth-order valence-corrected chi connectivity index (χ4v) is 4.60. The minimum atomic E-state index is -4.05. The van der Waals surface area contributed by atoms with Crippen LogP contribution in [0.15, 0.2) is 47.4 Å². The Hall–Kier alpha value is -2.58. The number of aryl methyl sites for hydroxylation is 2. The van der Waals surface area contributed by atoms with Crippen molar-refractivity contribution in [3.8, 4) is 5.75 Å². The molecule has 0 saturated heterocycles. The molecular weight excluding hydrogens is 416 g/mol. The van der Waals surface area contributed by atoms with E-state index < -0.39 is 10.0 Å². The normalized spacial score (nSPS) is 11.4. The van der Waals surface area contributed by atoms with Gasteiger partial charge in [-0.3, -0.25) is 9.10 Å². The molecule has 0 aromatic heterocycles. The lowest BCUT2D eigenvalue weighted by Gasteiger charge is -2.25. The van der Waals surface area contributed by atoms with E-state index in [9.17, 15) is 13.2 Å². The molecule has 1 N–H and O–H groups in total. The van der Waals surface area contributed by atoms with Crippen LogP contribution >= 0.6 is 0 Å². The highest BCUT2D eigenvalue weighted by Crippen LogP contribution is 2.30. The number of carbonyl (C=O) groups excluding carboxylic acids is 1. The zero-order chi connectivity index (χ0) is 23.0. The number of amides is 1. The maximum atomic E-state index is 13.6. The van der Waals surface area contributed by atoms with Gasteiger partial charge >= 0.3 is 0 Å². The van der Waals surface area contributed by atoms with Gasteiger partial charge in [0.2, 0.25) is 5.91 Å². The van der Waals surface area contributed by atoms with Crippen molar-refractivity contribution in [2.75, 3.05) is 31.1 Å². The molecule has 8 heteroatoms. The van der Waals surface area contributed by atoms with E-state index in [1.807, 2.05) is 32.9 Å². The molecule has 0 unspecified atom stereocenters. The molecule has 0 heterocycles. The van der Waals surface area contributed by atoms with Gasteiger partial charge in [-0.25, -0.2) is 8.42 Å². The first-order valence-electron chi connectivity index (χ1n) is 10.3. The highest BCUT2D eigenvalue weighted by molar-refractivity contribution is 7.93. The van der Waals surface area contributed by atoms with Crippen molar-refractivity contribution in [2.24, 2.45) is 0 Å². The largest absolute Gasteiger partial charge is 0.495 e. The van der Waals surface area contributed by atoms with Gasteiger partial charge in [0.1, 0.15) is 17.2 Å². The molecule has 2 aromatic carbocycles. The summed E-state index contributed by atoms with van der Waals surface area (Å²) >= 11 is 0. The maximum Gasteiger partial charge on any atom is 0.268 e. The SMILES string of the molecule is COc1ccc(C)cc1S(=O)(=O)N(CC(=O)NCCCOC(C)C)c1ccc(C)cc1. The standard InChI is InChI=1S/C23H32N2O5S/c1-17(2)30-14-6-13-24-23(26)16-25(20-10-7-18(3)8-11-20)31(27,28)22-15-19(4)9-12-21(22)29-5/h7-12,15,17H,6,13-14,16H2,1-5H3,(H,24,26). The Morgan fingerprint density at radius 2 is 1.71 bits per heavy atom. The van der Waals surface area contributed by atoms with E-state index in [2.05, 4.69) is 5.32 Å². The van der Waals surface area contributed by atoms with Crippen LogP contribution in [0, 0.1) is 13.8 Å². The molecule has 0 spiro atoms. The van der Waals surface area contributed by atoms with Gasteiger partial charge in [0.05, 0.1) is 18.9 Å². The summed E-state index contributed by atoms with van der Waals surface area (Å²) < 4.78 is 39.0. The lowest BCUT2D eigenvalue weighted by molar-refractivity contribution is -0.119. The quantitative estimate of drug-likeness (QED) is 0.532. The van der Waals surface area contributed by atoms with Crippen LogP contribution < -0.4 is 14.4 Å². The highest BCUT2D eigenvalue weighted by atomic mass is 32.2. The fourth-order valence-electron chi connectivity index (χ4n) is 2.94. The molecule has 0 bridgehead atoms. The predicted molar refractivity (Wildman–Crippen MR) is 122 cm³/mol. The van der Waals surface area contributed by atoms with Gasteiger partial charge in [-0.15, -0.1) is 0 Å². The van der Waals surface area contributed by atoms with E-state index in [1.165, 1.54) is 7.11 Å². The van der Waals surface area contributed by atoms with Crippen molar-refractivity contribution in [1.29, 1.82) is 0 Å². The summed E-state index contributed by atoms with van der Waals surface area (Å²) in [5, 5.41) is 2.78. The molecule has 0 saturated carbocycles. The monoisotopic (exact) mass is 448 g/mol. The van der Waals surface area contributed by atoms with E-state index in [-0.39, 0.29) is 29.2 Å². The summed E-state index contributed by atoms with van der Waals surface area (Å²) in [5.41, 5.74) is 2.18. The summed E-state index contributed by atoms with van der Waals surface area (Å²) in [7, 11) is -2.63. The van der Waals surface area contributed by atoms with Crippen molar-refractivity contribution in [3.63, 3.8) is 0 Å². The van der Waals surface area contributed by atoms with Gasteiger partial charge in [-0.2, -0.15) is 0 Å². The van der Waals surface area contributed by atoms with Gasteiger partial charge in [0.15, 0.2) is 0 Å². The molecule has 0 radical (unpaired) electrons. The number of methoxy groups -OCH3 is 1. The number of nitrogens with one attached hydrogen (secondary N) is 1. The number of nitrogens with zero attached hydrogens (tertiary/aromatic N) is 1. The van der Waals surface area contributed by atoms with Gasteiger partial charge in [-0.05, 0) is 63.9 Å². The van der Waals surface area contributed by atoms with Crippen LogP contribution in [0.4, 0.5) is 5.69 Å². The third-order valence-electron chi connectivity index (χ3n) is 4.59. The second-order valence-electron chi connectivity index (χ2n) is 7.62. The first-order chi connectivity index (χ1) is 14.6. The van der Waals surface area contributed by atoms with Crippen LogP contribution in [0.1, 0.15) is 31.4 Å². The van der Waals surface area contributed by atoms with Crippen LogP contribution in [0.25, 0.3) is 0 Å². The van der Waals surface area contributed by atoms with E-state index in [0.29, 0.717) is 25.3 Å². The summed E-state index contributed by atoms with van der Waals surface area (Å²) in [6, 6.07) is 12.0. The maximum absolute atomic E-state index is 13.6. The van der Waals surface area contributed by atoms with Gasteiger partial charge in [0, 0.05) is 13.2 Å². The number of ether oxygens (including phenoxy) is 2. The Labute approximate surface area is 185 Å². The fraction of sp³-hybridized carbons (Fsp3) is 0.435. The van der Waals surface area contributed by atoms with Gasteiger partial charge in [0.25, 0.3) is 10.0 Å². The molecule has 2 aromatic rings. The minimum Gasteiger partial charge on any atom is -0.495 e. The number of sulfonamides is 1. The molecule has 0 fully saturated rings. The summed E-state index contributed by atoms with van der Waals surface area (Å²) in [4.78, 5) is 12.6. The molecule has 170 valence electrons. The van der Waals surface area contributed by atoms with E-state index >= 15 is 0 Å². The number of anilines is 1. The van der Waals surface area contributed by atoms with Crippen molar-refractivity contribution in [2.45, 2.75) is 45.1 Å². The summed E-state index contributed by atoms with van der Waals surface area (Å²) in [6.45, 7) is 8.21. The zero-order valence-corrected chi connectivity index (χ0v) is 19.7. The molecule has 0 aliphatic carbocycles. The van der Waals surface area contributed by atoms with Gasteiger partial charge < -0.3 is 14.8 Å². The minimum absolute atomic E-state index is 0.0220. The molecule has 31 heavy (non-hydrogen) atoms. The van der Waals surface area contributed by atoms with Crippen molar-refractivity contribution >= 4 is 21.6 Å². The molecule has 0 aliphatic rings. The predicted octanol–water partition coefficient (Wildman–Crippen LogP) is 3.44.